The number of ketones is 2. The average Bonchev–Trinajstić information content (AvgIpc) is 3.06. The van der Waals surface area contributed by atoms with Gasteiger partial charge in [-0.05, 0) is 92.1 Å². The molecule has 0 aromatic carbocycles. The third-order valence-corrected chi connectivity index (χ3v) is 8.93. The minimum Gasteiger partial charge on any atom is -0.466 e. The van der Waals surface area contributed by atoms with E-state index in [1.165, 1.54) is 5.57 Å². The van der Waals surface area contributed by atoms with Crippen LogP contribution >= 0.6 is 0 Å². The van der Waals surface area contributed by atoms with Gasteiger partial charge in [0.15, 0.2) is 11.6 Å². The fraction of sp³-hybridized carbons (Fsp3) is 0.731. The van der Waals surface area contributed by atoms with Crippen molar-refractivity contribution in [2.45, 2.75) is 85.0 Å². The van der Waals surface area contributed by atoms with Gasteiger partial charge >= 0.3 is 5.97 Å². The Morgan fingerprint density at radius 3 is 2.63 bits per heavy atom. The zero-order valence-electron chi connectivity index (χ0n) is 18.8. The van der Waals surface area contributed by atoms with Gasteiger partial charge in [-0.3, -0.25) is 14.4 Å². The highest BCUT2D eigenvalue weighted by Crippen LogP contribution is 2.65. The van der Waals surface area contributed by atoms with Crippen molar-refractivity contribution in [2.75, 3.05) is 6.61 Å². The molecule has 4 nitrogen and oxygen atoms in total. The van der Waals surface area contributed by atoms with Crippen LogP contribution in [0, 0.1) is 28.6 Å². The molecule has 0 spiro atoms. The fourth-order valence-electron chi connectivity index (χ4n) is 7.32. The summed E-state index contributed by atoms with van der Waals surface area (Å²) >= 11 is 0. The maximum Gasteiger partial charge on any atom is 0.305 e. The average molecular weight is 413 g/mol. The van der Waals surface area contributed by atoms with Crippen molar-refractivity contribution in [3.05, 3.63) is 23.3 Å². The van der Waals surface area contributed by atoms with Crippen LogP contribution in [0.3, 0.4) is 0 Å². The van der Waals surface area contributed by atoms with Crippen molar-refractivity contribution in [3.8, 4) is 0 Å². The molecule has 4 aliphatic carbocycles. The summed E-state index contributed by atoms with van der Waals surface area (Å²) in [6, 6.07) is 0. The molecular weight excluding hydrogens is 376 g/mol. The second-order valence-electron chi connectivity index (χ2n) is 10.4. The van der Waals surface area contributed by atoms with Crippen LogP contribution < -0.4 is 0 Å². The van der Waals surface area contributed by atoms with Gasteiger partial charge in [-0.15, -0.1) is 0 Å². The van der Waals surface area contributed by atoms with Gasteiger partial charge < -0.3 is 4.74 Å². The Kier molecular flexibility index (Phi) is 5.80. The van der Waals surface area contributed by atoms with Gasteiger partial charge in [0.2, 0.25) is 0 Å². The molecule has 164 valence electrons. The molecule has 0 radical (unpaired) electrons. The molecule has 0 aliphatic heterocycles. The summed E-state index contributed by atoms with van der Waals surface area (Å²) in [5, 5.41) is 0. The Balaban J connectivity index is 1.45. The number of rotatable bonds is 6. The number of hydrogen-bond donors (Lipinski definition) is 0. The van der Waals surface area contributed by atoms with Crippen LogP contribution in [0.25, 0.3) is 0 Å². The number of Topliss-reactive ketones (excluding diaryl/α,β-unsaturated/α-hetero) is 1. The summed E-state index contributed by atoms with van der Waals surface area (Å²) in [4.78, 5) is 36.6. The van der Waals surface area contributed by atoms with Crippen LogP contribution in [0.5, 0.6) is 0 Å². The first kappa shape index (κ1) is 21.5. The van der Waals surface area contributed by atoms with Gasteiger partial charge in [0.1, 0.15) is 0 Å². The molecule has 30 heavy (non-hydrogen) atoms. The Morgan fingerprint density at radius 2 is 1.87 bits per heavy atom. The monoisotopic (exact) mass is 412 g/mol. The molecule has 0 aromatic heterocycles. The zero-order chi connectivity index (χ0) is 21.5. The summed E-state index contributed by atoms with van der Waals surface area (Å²) < 4.78 is 4.98. The zero-order valence-corrected chi connectivity index (χ0v) is 18.8. The quantitative estimate of drug-likeness (QED) is 0.551. The standard InChI is InChI=1S/C26H36O4/c1-4-30-24(29)7-5-6-23(28)22-11-10-20-19-9-8-17-16-18(27)12-14-25(17,2)21(19)13-15-26(20,22)3/h11,16,19-21H,4-10,12-15H2,1-3H3/t19-,20-,21-,25-,26-/m0/s1. The number of carbonyl (C=O) groups is 3. The second-order valence-corrected chi connectivity index (χ2v) is 10.4. The van der Waals surface area contributed by atoms with Crippen LogP contribution in [0.1, 0.15) is 85.0 Å². The van der Waals surface area contributed by atoms with Gasteiger partial charge in [-0.1, -0.05) is 25.5 Å². The van der Waals surface area contributed by atoms with E-state index in [0.717, 1.165) is 44.1 Å². The Labute approximate surface area is 180 Å². The summed E-state index contributed by atoms with van der Waals surface area (Å²) in [5.74, 6) is 2.14. The van der Waals surface area contributed by atoms with Crippen LogP contribution in [-0.2, 0) is 19.1 Å². The summed E-state index contributed by atoms with van der Waals surface area (Å²) in [7, 11) is 0. The van der Waals surface area contributed by atoms with Gasteiger partial charge in [-0.25, -0.2) is 0 Å². The molecule has 0 unspecified atom stereocenters. The number of hydrogen-bond acceptors (Lipinski definition) is 4. The van der Waals surface area contributed by atoms with Crippen molar-refractivity contribution in [1.29, 1.82) is 0 Å². The third-order valence-electron chi connectivity index (χ3n) is 8.93. The molecule has 0 N–H and O–H groups in total. The molecule has 4 aliphatic rings. The third kappa shape index (κ3) is 3.50. The smallest absolute Gasteiger partial charge is 0.305 e. The molecule has 0 aromatic rings. The molecule has 4 rings (SSSR count). The lowest BCUT2D eigenvalue weighted by Gasteiger charge is -2.57. The SMILES string of the molecule is CCOC(=O)CCCC(=O)C1=CC[C@H]2[C@@H]3CCC4=CC(=O)CC[C@]4(C)[C@H]3CC[C@]12C. The van der Waals surface area contributed by atoms with Crippen LogP contribution in [0.2, 0.25) is 0 Å². The lowest BCUT2D eigenvalue weighted by Crippen LogP contribution is -2.50. The lowest BCUT2D eigenvalue weighted by molar-refractivity contribution is -0.143. The maximum atomic E-state index is 13.1. The summed E-state index contributed by atoms with van der Waals surface area (Å²) in [6.07, 6.45) is 12.6. The number of ether oxygens (including phenoxy) is 1. The first-order valence-corrected chi connectivity index (χ1v) is 11.9. The van der Waals surface area contributed by atoms with E-state index < -0.39 is 0 Å². The molecular formula is C26H36O4. The summed E-state index contributed by atoms with van der Waals surface area (Å²) in [6.45, 7) is 6.91. The van der Waals surface area contributed by atoms with Crippen molar-refractivity contribution in [3.63, 3.8) is 0 Å². The maximum absolute atomic E-state index is 13.1. The molecule has 2 fully saturated rings. The molecule has 0 amide bonds. The number of allylic oxidation sites excluding steroid dienone is 4. The van der Waals surface area contributed by atoms with E-state index in [2.05, 4.69) is 19.9 Å². The van der Waals surface area contributed by atoms with Crippen molar-refractivity contribution in [2.24, 2.45) is 28.6 Å². The first-order chi connectivity index (χ1) is 14.3. The van der Waals surface area contributed by atoms with E-state index in [1.807, 2.05) is 6.08 Å². The molecule has 0 saturated heterocycles. The largest absolute Gasteiger partial charge is 0.466 e. The van der Waals surface area contributed by atoms with E-state index >= 15 is 0 Å². The predicted molar refractivity (Wildman–Crippen MR) is 116 cm³/mol. The topological polar surface area (TPSA) is 60.4 Å². The van der Waals surface area contributed by atoms with Gasteiger partial charge in [0.05, 0.1) is 6.61 Å². The van der Waals surface area contributed by atoms with E-state index in [0.29, 0.717) is 55.8 Å². The molecule has 0 heterocycles. The highest BCUT2D eigenvalue weighted by Gasteiger charge is 2.57. The second kappa shape index (κ2) is 8.09. The normalized spacial score (nSPS) is 37.4. The first-order valence-electron chi connectivity index (χ1n) is 11.9. The van der Waals surface area contributed by atoms with Crippen molar-refractivity contribution >= 4 is 17.5 Å². The predicted octanol–water partition coefficient (Wildman–Crippen LogP) is 5.36. The van der Waals surface area contributed by atoms with Crippen LogP contribution in [0.4, 0.5) is 0 Å². The Morgan fingerprint density at radius 1 is 1.07 bits per heavy atom. The van der Waals surface area contributed by atoms with Crippen LogP contribution in [-0.4, -0.2) is 24.1 Å². The molecule has 2 saturated carbocycles. The minimum absolute atomic E-state index is 0.0236. The number of carbonyl (C=O) groups excluding carboxylic acids is 3. The highest BCUT2D eigenvalue weighted by atomic mass is 16.5. The van der Waals surface area contributed by atoms with Gasteiger partial charge in [0, 0.05) is 19.3 Å². The molecule has 4 heteroatoms. The van der Waals surface area contributed by atoms with Crippen molar-refractivity contribution in [1.82, 2.24) is 0 Å². The van der Waals surface area contributed by atoms with Gasteiger partial charge in [0.25, 0.3) is 0 Å². The number of fused-ring (bicyclic) bond motifs is 5. The minimum atomic E-state index is -0.208. The highest BCUT2D eigenvalue weighted by molar-refractivity contribution is 5.97. The Hall–Kier alpha value is -1.71. The van der Waals surface area contributed by atoms with Crippen LogP contribution in [0.15, 0.2) is 23.3 Å². The number of esters is 1. The fourth-order valence-corrected chi connectivity index (χ4v) is 7.32. The van der Waals surface area contributed by atoms with Crippen molar-refractivity contribution < 1.29 is 19.1 Å². The van der Waals surface area contributed by atoms with E-state index in [-0.39, 0.29) is 22.6 Å². The molecule has 5 atom stereocenters. The van der Waals surface area contributed by atoms with E-state index in [9.17, 15) is 14.4 Å². The lowest BCUT2D eigenvalue weighted by atomic mass is 9.47. The van der Waals surface area contributed by atoms with Gasteiger partial charge in [-0.2, -0.15) is 0 Å². The molecule has 0 bridgehead atoms. The van der Waals surface area contributed by atoms with E-state index in [1.54, 1.807) is 6.92 Å². The summed E-state index contributed by atoms with van der Waals surface area (Å²) in [5.41, 5.74) is 2.57. The Bertz CT molecular complexity index is 806. The van der Waals surface area contributed by atoms with E-state index in [4.69, 9.17) is 4.74 Å².